The van der Waals surface area contributed by atoms with E-state index in [-0.39, 0.29) is 11.2 Å². The molecule has 24 heavy (non-hydrogen) atoms. The minimum Gasteiger partial charge on any atom is -0.451 e. The number of fused-ring (bicyclic) bond motifs is 1. The van der Waals surface area contributed by atoms with E-state index in [0.29, 0.717) is 16.7 Å². The van der Waals surface area contributed by atoms with Gasteiger partial charge < -0.3 is 9.73 Å². The van der Waals surface area contributed by atoms with Gasteiger partial charge in [-0.25, -0.2) is 0 Å². The van der Waals surface area contributed by atoms with Crippen LogP contribution in [0, 0.1) is 27.7 Å². The van der Waals surface area contributed by atoms with Crippen molar-refractivity contribution < 1.29 is 9.21 Å². The molecule has 0 bridgehead atoms. The minimum absolute atomic E-state index is 0.00993. The number of benzene rings is 2. The Hall–Kier alpha value is -2.88. The van der Waals surface area contributed by atoms with E-state index < -0.39 is 5.91 Å². The van der Waals surface area contributed by atoms with E-state index in [2.05, 4.69) is 5.32 Å². The van der Waals surface area contributed by atoms with Gasteiger partial charge in [0.25, 0.3) is 5.91 Å². The van der Waals surface area contributed by atoms with Crippen molar-refractivity contribution in [2.45, 2.75) is 27.7 Å². The topological polar surface area (TPSA) is 59.3 Å². The third-order valence-electron chi connectivity index (χ3n) is 4.16. The average molecular weight is 321 g/mol. The smallest absolute Gasteiger partial charge is 0.291 e. The van der Waals surface area contributed by atoms with Crippen LogP contribution >= 0.6 is 0 Å². The summed E-state index contributed by atoms with van der Waals surface area (Å²) in [5.41, 5.74) is 4.96. The fourth-order valence-electron chi connectivity index (χ4n) is 2.79. The van der Waals surface area contributed by atoms with Crippen molar-refractivity contribution in [1.29, 1.82) is 0 Å². The molecule has 0 atom stereocenters. The molecule has 0 saturated heterocycles. The van der Waals surface area contributed by atoms with Gasteiger partial charge in [-0.3, -0.25) is 9.59 Å². The predicted octanol–water partition coefficient (Wildman–Crippen LogP) is 4.28. The van der Waals surface area contributed by atoms with Gasteiger partial charge in [-0.15, -0.1) is 0 Å². The van der Waals surface area contributed by atoms with E-state index in [9.17, 15) is 9.59 Å². The van der Waals surface area contributed by atoms with Crippen LogP contribution in [0.15, 0.2) is 45.6 Å². The molecule has 1 amide bonds. The van der Waals surface area contributed by atoms with Crippen LogP contribution in [0.2, 0.25) is 0 Å². The highest BCUT2D eigenvalue weighted by Crippen LogP contribution is 2.20. The lowest BCUT2D eigenvalue weighted by atomic mass is 10.1. The van der Waals surface area contributed by atoms with Gasteiger partial charge in [-0.05, 0) is 68.1 Å². The maximum Gasteiger partial charge on any atom is 0.291 e. The van der Waals surface area contributed by atoms with E-state index >= 15 is 0 Å². The molecule has 3 rings (SSSR count). The third kappa shape index (κ3) is 2.95. The zero-order valence-electron chi connectivity index (χ0n) is 14.2. The van der Waals surface area contributed by atoms with Gasteiger partial charge in [0.15, 0.2) is 11.2 Å². The molecule has 0 unspecified atom stereocenters. The summed E-state index contributed by atoms with van der Waals surface area (Å²) in [6.45, 7) is 7.77. The van der Waals surface area contributed by atoms with E-state index in [1.807, 2.05) is 52.0 Å². The van der Waals surface area contributed by atoms with Gasteiger partial charge in [-0.1, -0.05) is 12.1 Å². The first-order valence-corrected chi connectivity index (χ1v) is 7.79. The molecule has 3 aromatic rings. The average Bonchev–Trinajstić information content (AvgIpc) is 2.49. The molecule has 122 valence electrons. The van der Waals surface area contributed by atoms with Gasteiger partial charge in [0.05, 0.1) is 5.39 Å². The first-order valence-electron chi connectivity index (χ1n) is 7.79. The Morgan fingerprint density at radius 1 is 0.917 bits per heavy atom. The molecule has 1 heterocycles. The third-order valence-corrected chi connectivity index (χ3v) is 4.16. The normalized spacial score (nSPS) is 10.8. The molecule has 0 saturated carbocycles. The zero-order chi connectivity index (χ0) is 17.4. The van der Waals surface area contributed by atoms with E-state index in [4.69, 9.17) is 4.42 Å². The molecule has 0 aliphatic heterocycles. The van der Waals surface area contributed by atoms with Crippen LogP contribution in [0.3, 0.4) is 0 Å². The van der Waals surface area contributed by atoms with Crippen LogP contribution in [0.4, 0.5) is 5.69 Å². The molecule has 4 nitrogen and oxygen atoms in total. The van der Waals surface area contributed by atoms with E-state index in [1.54, 1.807) is 6.07 Å². The maximum absolute atomic E-state index is 12.4. The minimum atomic E-state index is -0.434. The number of amides is 1. The number of aryl methyl sites for hydroxylation is 4. The van der Waals surface area contributed by atoms with Crippen molar-refractivity contribution in [2.75, 3.05) is 5.32 Å². The summed E-state index contributed by atoms with van der Waals surface area (Å²) in [5, 5.41) is 3.29. The molecule has 0 aliphatic carbocycles. The molecule has 1 aromatic heterocycles. The molecular formula is C20H19NO3. The number of carbonyl (C=O) groups excluding carboxylic acids is 1. The summed E-state index contributed by atoms with van der Waals surface area (Å²) in [5.74, 6) is -0.424. The Bertz CT molecular complexity index is 1020. The van der Waals surface area contributed by atoms with Crippen molar-refractivity contribution in [1.82, 2.24) is 0 Å². The summed E-state index contributed by atoms with van der Waals surface area (Å²) in [7, 11) is 0. The first kappa shape index (κ1) is 16.0. The Morgan fingerprint density at radius 2 is 1.67 bits per heavy atom. The largest absolute Gasteiger partial charge is 0.451 e. The quantitative estimate of drug-likeness (QED) is 0.766. The molecule has 2 aromatic carbocycles. The van der Waals surface area contributed by atoms with Crippen molar-refractivity contribution in [3.63, 3.8) is 0 Å². The Balaban J connectivity index is 2.01. The van der Waals surface area contributed by atoms with Crippen molar-refractivity contribution in [3.8, 4) is 0 Å². The van der Waals surface area contributed by atoms with Crippen molar-refractivity contribution >= 4 is 22.6 Å². The fraction of sp³-hybridized carbons (Fsp3) is 0.200. The molecule has 4 heteroatoms. The lowest BCUT2D eigenvalue weighted by Gasteiger charge is -2.08. The highest BCUT2D eigenvalue weighted by Gasteiger charge is 2.14. The van der Waals surface area contributed by atoms with Gasteiger partial charge >= 0.3 is 0 Å². The van der Waals surface area contributed by atoms with Crippen LogP contribution in [0.1, 0.15) is 32.8 Å². The second-order valence-electron chi connectivity index (χ2n) is 6.18. The van der Waals surface area contributed by atoms with E-state index in [1.165, 1.54) is 6.07 Å². The summed E-state index contributed by atoms with van der Waals surface area (Å²) >= 11 is 0. The zero-order valence-corrected chi connectivity index (χ0v) is 14.2. The summed E-state index contributed by atoms with van der Waals surface area (Å²) in [6, 6.07) is 10.6. The standard InChI is InChI=1S/C20H19NO3/c1-11-7-14(4)19-16(22)10-18(24-17(19)8-11)20(23)21-15-6-5-12(2)13(3)9-15/h5-10H,1-4H3,(H,21,23). The molecular weight excluding hydrogens is 302 g/mol. The van der Waals surface area contributed by atoms with Gasteiger partial charge in [-0.2, -0.15) is 0 Å². The van der Waals surface area contributed by atoms with Crippen LogP contribution < -0.4 is 10.7 Å². The van der Waals surface area contributed by atoms with Crippen LogP contribution in [0.5, 0.6) is 0 Å². The van der Waals surface area contributed by atoms with Gasteiger partial charge in [0.2, 0.25) is 0 Å². The lowest BCUT2D eigenvalue weighted by molar-refractivity contribution is 0.0997. The van der Waals surface area contributed by atoms with Gasteiger partial charge in [0, 0.05) is 11.8 Å². The number of carbonyl (C=O) groups is 1. The second-order valence-corrected chi connectivity index (χ2v) is 6.18. The molecule has 0 fully saturated rings. The Morgan fingerprint density at radius 3 is 2.38 bits per heavy atom. The number of rotatable bonds is 2. The Labute approximate surface area is 140 Å². The van der Waals surface area contributed by atoms with Crippen molar-refractivity contribution in [3.05, 3.63) is 74.6 Å². The maximum atomic E-state index is 12.4. The van der Waals surface area contributed by atoms with Crippen LogP contribution in [-0.4, -0.2) is 5.91 Å². The van der Waals surface area contributed by atoms with Crippen LogP contribution in [-0.2, 0) is 0 Å². The number of hydrogen-bond donors (Lipinski definition) is 1. The Kier molecular flexibility index (Phi) is 3.97. The highest BCUT2D eigenvalue weighted by molar-refractivity contribution is 6.03. The highest BCUT2D eigenvalue weighted by atomic mass is 16.3. The fourth-order valence-corrected chi connectivity index (χ4v) is 2.79. The summed E-state index contributed by atoms with van der Waals surface area (Å²) in [4.78, 5) is 24.8. The number of anilines is 1. The van der Waals surface area contributed by atoms with Crippen molar-refractivity contribution in [2.24, 2.45) is 0 Å². The second kappa shape index (κ2) is 5.96. The molecule has 0 aliphatic rings. The van der Waals surface area contributed by atoms with Gasteiger partial charge in [0.1, 0.15) is 5.58 Å². The molecule has 0 spiro atoms. The molecule has 0 radical (unpaired) electrons. The predicted molar refractivity (Wildman–Crippen MR) is 95.8 cm³/mol. The first-order chi connectivity index (χ1) is 11.3. The SMILES string of the molecule is Cc1cc(C)c2c(=O)cc(C(=O)Nc3ccc(C)c(C)c3)oc2c1. The van der Waals surface area contributed by atoms with E-state index in [0.717, 1.165) is 22.3 Å². The van der Waals surface area contributed by atoms with Crippen LogP contribution in [0.25, 0.3) is 11.0 Å². The monoisotopic (exact) mass is 321 g/mol. The lowest BCUT2D eigenvalue weighted by Crippen LogP contribution is -2.15. The summed E-state index contributed by atoms with van der Waals surface area (Å²) in [6.07, 6.45) is 0. The number of nitrogens with one attached hydrogen (secondary N) is 1. The molecule has 1 N–H and O–H groups in total. The number of hydrogen-bond acceptors (Lipinski definition) is 3. The summed E-state index contributed by atoms with van der Waals surface area (Å²) < 4.78 is 5.68.